The lowest BCUT2D eigenvalue weighted by molar-refractivity contribution is -0.240. The van der Waals surface area contributed by atoms with Crippen molar-refractivity contribution in [1.82, 2.24) is 9.55 Å². The molecule has 0 aromatic carbocycles. The first-order valence-electron chi connectivity index (χ1n) is 7.21. The maximum absolute atomic E-state index is 12.0. The van der Waals surface area contributed by atoms with Crippen molar-refractivity contribution in [3.05, 3.63) is 33.2 Å². The lowest BCUT2D eigenvalue weighted by Gasteiger charge is -2.25. The van der Waals surface area contributed by atoms with Crippen LogP contribution in [0.3, 0.4) is 0 Å². The molecule has 0 unspecified atom stereocenters. The number of aromatic nitrogens is 2. The van der Waals surface area contributed by atoms with Crippen molar-refractivity contribution in [2.45, 2.75) is 39.0 Å². The maximum Gasteiger partial charge on any atom is 0.351 e. The molecular formula is C13H18N6O5. The summed E-state index contributed by atoms with van der Waals surface area (Å²) in [6, 6.07) is 1.37. The second-order valence-corrected chi connectivity index (χ2v) is 5.77. The van der Waals surface area contributed by atoms with Crippen LogP contribution < -0.4 is 11.4 Å². The summed E-state index contributed by atoms with van der Waals surface area (Å²) >= 11 is 0. The third-order valence-electron chi connectivity index (χ3n) is 3.62. The summed E-state index contributed by atoms with van der Waals surface area (Å²) in [6.45, 7) is 4.80. The van der Waals surface area contributed by atoms with Gasteiger partial charge in [0, 0.05) is 17.0 Å². The number of aliphatic hydroxyl groups is 1. The number of nitrogens with zero attached hydrogens (tertiary/aromatic N) is 5. The number of carbonyl (C=O) groups excluding carboxylic acids is 1. The van der Waals surface area contributed by atoms with Crippen LogP contribution in [0.15, 0.2) is 22.2 Å². The van der Waals surface area contributed by atoms with Gasteiger partial charge in [0.05, 0.1) is 5.92 Å². The SMILES string of the molecule is CC(C)C(=O)O[C@H]1[C@H](C)[C@H](n2ccc(N)nc2=O)O[C@@]1(O)N=[N+]=[N-]. The van der Waals surface area contributed by atoms with E-state index in [-0.39, 0.29) is 5.82 Å². The molecule has 4 atom stereocenters. The van der Waals surface area contributed by atoms with Crippen LogP contribution in [-0.2, 0) is 14.3 Å². The number of carbonyl (C=O) groups is 1. The van der Waals surface area contributed by atoms with Gasteiger partial charge in [-0.3, -0.25) is 9.36 Å². The summed E-state index contributed by atoms with van der Waals surface area (Å²) in [5.74, 6) is -4.19. The minimum Gasteiger partial charge on any atom is -0.456 e. The molecule has 0 saturated carbocycles. The molecule has 0 radical (unpaired) electrons. The van der Waals surface area contributed by atoms with Gasteiger partial charge in [-0.1, -0.05) is 20.8 Å². The number of ether oxygens (including phenoxy) is 2. The van der Waals surface area contributed by atoms with Gasteiger partial charge in [-0.25, -0.2) is 4.79 Å². The fourth-order valence-electron chi connectivity index (χ4n) is 2.36. The highest BCUT2D eigenvalue weighted by Crippen LogP contribution is 2.42. The van der Waals surface area contributed by atoms with E-state index in [1.165, 1.54) is 12.3 Å². The minimum absolute atomic E-state index is 0.0231. The van der Waals surface area contributed by atoms with Gasteiger partial charge in [0.15, 0.2) is 6.10 Å². The molecule has 11 nitrogen and oxygen atoms in total. The van der Waals surface area contributed by atoms with Crippen molar-refractivity contribution >= 4 is 11.8 Å². The van der Waals surface area contributed by atoms with E-state index in [4.69, 9.17) is 20.7 Å². The Morgan fingerprint density at radius 3 is 2.88 bits per heavy atom. The number of nitrogens with two attached hydrogens (primary N) is 1. The van der Waals surface area contributed by atoms with Crippen LogP contribution >= 0.6 is 0 Å². The number of rotatable bonds is 4. The Morgan fingerprint density at radius 1 is 1.67 bits per heavy atom. The molecule has 0 spiro atoms. The van der Waals surface area contributed by atoms with Gasteiger partial charge < -0.3 is 20.3 Å². The van der Waals surface area contributed by atoms with Gasteiger partial charge in [-0.15, -0.1) is 0 Å². The molecule has 2 heterocycles. The smallest absolute Gasteiger partial charge is 0.351 e. The quantitative estimate of drug-likeness (QED) is 0.349. The normalized spacial score (nSPS) is 29.3. The van der Waals surface area contributed by atoms with Gasteiger partial charge >= 0.3 is 11.7 Å². The Morgan fingerprint density at radius 2 is 2.33 bits per heavy atom. The second kappa shape index (κ2) is 6.48. The molecule has 0 amide bonds. The van der Waals surface area contributed by atoms with E-state index in [9.17, 15) is 14.7 Å². The van der Waals surface area contributed by atoms with E-state index < -0.39 is 41.7 Å². The highest BCUT2D eigenvalue weighted by Gasteiger charge is 2.56. The summed E-state index contributed by atoms with van der Waals surface area (Å²) in [6.07, 6.45) is -1.03. The molecule has 1 saturated heterocycles. The summed E-state index contributed by atoms with van der Waals surface area (Å²) in [7, 11) is 0. The summed E-state index contributed by atoms with van der Waals surface area (Å²) in [5, 5.41) is 13.6. The minimum atomic E-state index is -2.44. The number of azide groups is 1. The van der Waals surface area contributed by atoms with Crippen LogP contribution in [0, 0.1) is 11.8 Å². The van der Waals surface area contributed by atoms with Crippen molar-refractivity contribution in [3.63, 3.8) is 0 Å². The van der Waals surface area contributed by atoms with E-state index in [2.05, 4.69) is 15.0 Å². The van der Waals surface area contributed by atoms with E-state index in [1.807, 2.05) is 0 Å². The van der Waals surface area contributed by atoms with Crippen LogP contribution in [0.1, 0.15) is 27.0 Å². The van der Waals surface area contributed by atoms with Crippen LogP contribution in [0.25, 0.3) is 10.4 Å². The Balaban J connectivity index is 2.42. The highest BCUT2D eigenvalue weighted by molar-refractivity contribution is 5.71. The Labute approximate surface area is 136 Å². The monoisotopic (exact) mass is 338 g/mol. The third-order valence-corrected chi connectivity index (χ3v) is 3.62. The lowest BCUT2D eigenvalue weighted by Crippen LogP contribution is -2.42. The molecule has 130 valence electrons. The van der Waals surface area contributed by atoms with Gasteiger partial charge in [-0.2, -0.15) is 4.98 Å². The van der Waals surface area contributed by atoms with E-state index in [0.29, 0.717) is 0 Å². The molecule has 1 aliphatic rings. The van der Waals surface area contributed by atoms with E-state index in [0.717, 1.165) is 4.57 Å². The average Bonchev–Trinajstić information content (AvgIpc) is 2.72. The number of nitrogen functional groups attached to an aromatic ring is 1. The Bertz CT molecular complexity index is 743. The topological polar surface area (TPSA) is 165 Å². The Hall–Kier alpha value is -2.62. The zero-order valence-electron chi connectivity index (χ0n) is 13.4. The van der Waals surface area contributed by atoms with Crippen molar-refractivity contribution < 1.29 is 19.4 Å². The summed E-state index contributed by atoms with van der Waals surface area (Å²) in [5.41, 5.74) is 13.4. The van der Waals surface area contributed by atoms with E-state index in [1.54, 1.807) is 20.8 Å². The first kappa shape index (κ1) is 17.7. The average molecular weight is 338 g/mol. The summed E-state index contributed by atoms with van der Waals surface area (Å²) in [4.78, 5) is 29.9. The number of esters is 1. The molecule has 1 fully saturated rings. The maximum atomic E-state index is 12.0. The fourth-order valence-corrected chi connectivity index (χ4v) is 2.36. The molecule has 3 N–H and O–H groups in total. The zero-order valence-corrected chi connectivity index (χ0v) is 13.4. The van der Waals surface area contributed by atoms with E-state index >= 15 is 0 Å². The van der Waals surface area contributed by atoms with Crippen molar-refractivity contribution in [2.24, 2.45) is 17.0 Å². The van der Waals surface area contributed by atoms with Crippen molar-refractivity contribution in [1.29, 1.82) is 0 Å². The molecule has 1 aromatic heterocycles. The molecule has 11 heteroatoms. The second-order valence-electron chi connectivity index (χ2n) is 5.77. The van der Waals surface area contributed by atoms with Gasteiger partial charge in [0.2, 0.25) is 0 Å². The molecule has 2 rings (SSSR count). The molecular weight excluding hydrogens is 320 g/mol. The molecule has 0 bridgehead atoms. The Kier molecular flexibility index (Phi) is 4.78. The predicted octanol–water partition coefficient (Wildman–Crippen LogP) is 0.515. The number of anilines is 1. The standard InChI is InChI=1S/C13H18N6O5/c1-6(2)11(20)23-9-7(3)10(24-13(9,22)17-18-15)19-5-4-8(14)16-12(19)21/h4-7,9-10,22H,1-3H3,(H2,14,16,21)/t7-,9-,10+,13+/m0/s1. The van der Waals surface area contributed by atoms with Crippen LogP contribution in [0.4, 0.5) is 5.82 Å². The molecule has 1 aromatic rings. The predicted molar refractivity (Wildman–Crippen MR) is 81.0 cm³/mol. The molecule has 1 aliphatic heterocycles. The van der Waals surface area contributed by atoms with Gasteiger partial charge in [0.25, 0.3) is 5.91 Å². The van der Waals surface area contributed by atoms with Crippen LogP contribution in [-0.4, -0.2) is 32.6 Å². The molecule has 24 heavy (non-hydrogen) atoms. The largest absolute Gasteiger partial charge is 0.456 e. The van der Waals surface area contributed by atoms with Gasteiger partial charge in [0.1, 0.15) is 12.0 Å². The van der Waals surface area contributed by atoms with Crippen molar-refractivity contribution in [2.75, 3.05) is 5.73 Å². The van der Waals surface area contributed by atoms with Crippen LogP contribution in [0.2, 0.25) is 0 Å². The third kappa shape index (κ3) is 3.18. The fraction of sp³-hybridized carbons (Fsp3) is 0.615. The number of hydrogen-bond donors (Lipinski definition) is 2. The zero-order chi connectivity index (χ0) is 18.1. The number of hydrogen-bond acceptors (Lipinski definition) is 8. The lowest BCUT2D eigenvalue weighted by atomic mass is 10.0. The molecule has 0 aliphatic carbocycles. The highest BCUT2D eigenvalue weighted by atomic mass is 16.7. The first-order valence-corrected chi connectivity index (χ1v) is 7.21. The summed E-state index contributed by atoms with van der Waals surface area (Å²) < 4.78 is 11.6. The first-order chi connectivity index (χ1) is 11.2. The van der Waals surface area contributed by atoms with Crippen LogP contribution in [0.5, 0.6) is 0 Å². The van der Waals surface area contributed by atoms with Gasteiger partial charge in [-0.05, 0) is 16.7 Å². The van der Waals surface area contributed by atoms with Crippen molar-refractivity contribution in [3.8, 4) is 0 Å².